The molecule has 0 aliphatic carbocycles. The average Bonchev–Trinajstić information content (AvgIpc) is 3.01. The second-order valence-electron chi connectivity index (χ2n) is 6.39. The van der Waals surface area contributed by atoms with Crippen LogP contribution in [-0.4, -0.2) is 50.3 Å². The second kappa shape index (κ2) is 9.94. The maximum absolute atomic E-state index is 12.3. The number of ether oxygens (including phenoxy) is 1. The van der Waals surface area contributed by atoms with Crippen molar-refractivity contribution in [1.29, 1.82) is 0 Å². The number of fused-ring (bicyclic) bond motifs is 1. The summed E-state index contributed by atoms with van der Waals surface area (Å²) in [5.41, 5.74) is 1.15. The van der Waals surface area contributed by atoms with Crippen molar-refractivity contribution >= 4 is 11.9 Å². The molecule has 1 N–H and O–H groups in total. The molecule has 158 valence electrons. The zero-order chi connectivity index (χ0) is 21.4. The van der Waals surface area contributed by atoms with Crippen molar-refractivity contribution in [3.05, 3.63) is 48.4 Å². The van der Waals surface area contributed by atoms with Crippen LogP contribution in [0.1, 0.15) is 25.5 Å². The molecule has 3 rings (SSSR count). The summed E-state index contributed by atoms with van der Waals surface area (Å²) in [6.45, 7) is 4.00. The molecular formula is C19H22F3N3O4. The fourth-order valence-corrected chi connectivity index (χ4v) is 2.78. The quantitative estimate of drug-likeness (QED) is 0.833. The molecule has 7 nitrogen and oxygen atoms in total. The van der Waals surface area contributed by atoms with Gasteiger partial charge in [0.05, 0.1) is 19.6 Å². The molecule has 1 amide bonds. The first kappa shape index (κ1) is 22.3. The molecule has 0 radical (unpaired) electrons. The summed E-state index contributed by atoms with van der Waals surface area (Å²) in [5.74, 6) is -1.97. The first-order valence-corrected chi connectivity index (χ1v) is 9.00. The monoisotopic (exact) mass is 413 g/mol. The Morgan fingerprint density at radius 1 is 1.24 bits per heavy atom. The Labute approximate surface area is 165 Å². The lowest BCUT2D eigenvalue weighted by molar-refractivity contribution is -0.192. The van der Waals surface area contributed by atoms with Crippen LogP contribution in [0.2, 0.25) is 0 Å². The summed E-state index contributed by atoms with van der Waals surface area (Å²) < 4.78 is 39.9. The number of rotatable bonds is 4. The smallest absolute Gasteiger partial charge is 0.475 e. The molecule has 0 saturated carbocycles. The van der Waals surface area contributed by atoms with E-state index in [1.165, 1.54) is 0 Å². The lowest BCUT2D eigenvalue weighted by atomic mass is 10.2. The number of nitrogens with zero attached hydrogens (tertiary/aromatic N) is 3. The van der Waals surface area contributed by atoms with Gasteiger partial charge in [-0.3, -0.25) is 4.79 Å². The average molecular weight is 413 g/mol. The van der Waals surface area contributed by atoms with Gasteiger partial charge in [0.1, 0.15) is 6.10 Å². The lowest BCUT2D eigenvalue weighted by Gasteiger charge is -2.24. The summed E-state index contributed by atoms with van der Waals surface area (Å²) in [6.07, 6.45) is 0.0221. The number of carboxylic acids is 1. The molecule has 2 aromatic heterocycles. The Bertz CT molecular complexity index is 809. The summed E-state index contributed by atoms with van der Waals surface area (Å²) in [7, 11) is 0. The SMILES string of the molecule is CCCC(=O)N1Cc2cccn2CC(Oc2ccccn2)C1.O=C(O)C(F)(F)F. The number of amides is 1. The zero-order valence-electron chi connectivity index (χ0n) is 15.8. The van der Waals surface area contributed by atoms with Gasteiger partial charge >= 0.3 is 12.1 Å². The van der Waals surface area contributed by atoms with Gasteiger partial charge in [-0.1, -0.05) is 13.0 Å². The Kier molecular flexibility index (Phi) is 7.63. The molecule has 1 unspecified atom stereocenters. The van der Waals surface area contributed by atoms with Crippen LogP contribution in [0.25, 0.3) is 0 Å². The van der Waals surface area contributed by atoms with Gasteiger partial charge in [0, 0.05) is 30.6 Å². The first-order chi connectivity index (χ1) is 13.7. The molecule has 29 heavy (non-hydrogen) atoms. The summed E-state index contributed by atoms with van der Waals surface area (Å²) in [4.78, 5) is 27.3. The number of hydrogen-bond donors (Lipinski definition) is 1. The third-order valence-electron chi connectivity index (χ3n) is 4.08. The minimum absolute atomic E-state index is 0.0932. The van der Waals surface area contributed by atoms with Crippen LogP contribution in [0.15, 0.2) is 42.7 Å². The zero-order valence-corrected chi connectivity index (χ0v) is 15.8. The van der Waals surface area contributed by atoms with Crippen LogP contribution in [0.3, 0.4) is 0 Å². The van der Waals surface area contributed by atoms with Crippen molar-refractivity contribution in [3.8, 4) is 5.88 Å². The highest BCUT2D eigenvalue weighted by atomic mass is 19.4. The molecule has 0 spiro atoms. The molecule has 0 aromatic carbocycles. The fourth-order valence-electron chi connectivity index (χ4n) is 2.78. The predicted molar refractivity (Wildman–Crippen MR) is 97.1 cm³/mol. The fraction of sp³-hybridized carbons (Fsp3) is 0.421. The molecule has 0 bridgehead atoms. The molecule has 1 atom stereocenters. The van der Waals surface area contributed by atoms with Crippen LogP contribution < -0.4 is 4.74 Å². The molecule has 10 heteroatoms. The predicted octanol–water partition coefficient (Wildman–Crippen LogP) is 3.11. The molecule has 1 aliphatic heterocycles. The molecule has 1 aliphatic rings. The Morgan fingerprint density at radius 3 is 2.55 bits per heavy atom. The Morgan fingerprint density at radius 2 is 1.97 bits per heavy atom. The second-order valence-corrected chi connectivity index (χ2v) is 6.39. The highest BCUT2D eigenvalue weighted by Crippen LogP contribution is 2.18. The normalized spacial score (nSPS) is 16.1. The first-order valence-electron chi connectivity index (χ1n) is 9.00. The van der Waals surface area contributed by atoms with Gasteiger partial charge in [-0.25, -0.2) is 9.78 Å². The minimum Gasteiger partial charge on any atom is -0.475 e. The topological polar surface area (TPSA) is 84.7 Å². The number of carbonyl (C=O) groups excluding carboxylic acids is 1. The van der Waals surface area contributed by atoms with Crippen LogP contribution >= 0.6 is 0 Å². The van der Waals surface area contributed by atoms with E-state index in [9.17, 15) is 18.0 Å². The van der Waals surface area contributed by atoms with E-state index in [2.05, 4.69) is 15.6 Å². The van der Waals surface area contributed by atoms with Crippen LogP contribution in [-0.2, 0) is 22.7 Å². The number of aliphatic carboxylic acids is 1. The van der Waals surface area contributed by atoms with E-state index in [-0.39, 0.29) is 12.0 Å². The van der Waals surface area contributed by atoms with Crippen molar-refractivity contribution in [1.82, 2.24) is 14.5 Å². The highest BCUT2D eigenvalue weighted by molar-refractivity contribution is 5.76. The van der Waals surface area contributed by atoms with Gasteiger partial charge in [-0.05, 0) is 24.6 Å². The molecule has 3 heterocycles. The van der Waals surface area contributed by atoms with E-state index in [1.807, 2.05) is 42.3 Å². The van der Waals surface area contributed by atoms with Crippen molar-refractivity contribution in [2.24, 2.45) is 0 Å². The van der Waals surface area contributed by atoms with Crippen molar-refractivity contribution < 1.29 is 32.6 Å². The van der Waals surface area contributed by atoms with E-state index >= 15 is 0 Å². The maximum Gasteiger partial charge on any atom is 0.490 e. The number of hydrogen-bond acceptors (Lipinski definition) is 4. The largest absolute Gasteiger partial charge is 0.490 e. The van der Waals surface area contributed by atoms with Crippen molar-refractivity contribution in [3.63, 3.8) is 0 Å². The van der Waals surface area contributed by atoms with E-state index < -0.39 is 12.1 Å². The molecule has 0 fully saturated rings. The van der Waals surface area contributed by atoms with Crippen LogP contribution in [0.4, 0.5) is 13.2 Å². The van der Waals surface area contributed by atoms with Gasteiger partial charge < -0.3 is 19.3 Å². The molecule has 2 aromatic rings. The third kappa shape index (κ3) is 6.81. The van der Waals surface area contributed by atoms with Gasteiger partial charge in [0.2, 0.25) is 11.8 Å². The third-order valence-corrected chi connectivity index (χ3v) is 4.08. The number of halogens is 3. The minimum atomic E-state index is -5.08. The standard InChI is InChI=1S/C17H21N3O2.C2HF3O2/c1-2-6-17(21)20-11-14-7-5-10-19(14)12-15(13-20)22-16-8-3-4-9-18-16;3-2(4,5)1(6)7/h3-5,7-10,15H,2,6,11-13H2,1H3;(H,6,7). The lowest BCUT2D eigenvalue weighted by Crippen LogP contribution is -2.38. The van der Waals surface area contributed by atoms with Gasteiger partial charge in [0.25, 0.3) is 0 Å². The summed E-state index contributed by atoms with van der Waals surface area (Å²) in [5, 5.41) is 7.12. The maximum atomic E-state index is 12.3. The number of carboxylic acid groups (broad SMARTS) is 1. The van der Waals surface area contributed by atoms with E-state index in [0.29, 0.717) is 25.4 Å². The molecule has 0 saturated heterocycles. The highest BCUT2D eigenvalue weighted by Gasteiger charge is 2.38. The Balaban J connectivity index is 0.000000370. The number of aromatic nitrogens is 2. The van der Waals surface area contributed by atoms with Crippen LogP contribution in [0.5, 0.6) is 5.88 Å². The van der Waals surface area contributed by atoms with Gasteiger partial charge in [-0.2, -0.15) is 13.2 Å². The summed E-state index contributed by atoms with van der Waals surface area (Å²) in [6, 6.07) is 9.69. The van der Waals surface area contributed by atoms with Crippen molar-refractivity contribution in [2.45, 2.75) is 45.1 Å². The summed E-state index contributed by atoms with van der Waals surface area (Å²) >= 11 is 0. The van der Waals surface area contributed by atoms with E-state index in [0.717, 1.165) is 18.7 Å². The van der Waals surface area contributed by atoms with E-state index in [1.54, 1.807) is 6.20 Å². The number of alkyl halides is 3. The van der Waals surface area contributed by atoms with Gasteiger partial charge in [-0.15, -0.1) is 0 Å². The van der Waals surface area contributed by atoms with Crippen LogP contribution in [0, 0.1) is 0 Å². The Hall–Kier alpha value is -3.04. The molecular weight excluding hydrogens is 391 g/mol. The van der Waals surface area contributed by atoms with E-state index in [4.69, 9.17) is 14.6 Å². The van der Waals surface area contributed by atoms with Gasteiger partial charge in [0.15, 0.2) is 0 Å². The number of carbonyl (C=O) groups is 2. The number of pyridine rings is 1. The van der Waals surface area contributed by atoms with Crippen molar-refractivity contribution in [2.75, 3.05) is 6.54 Å².